The molecule has 1 heterocycles. The summed E-state index contributed by atoms with van der Waals surface area (Å²) in [4.78, 5) is 16.7. The van der Waals surface area contributed by atoms with E-state index in [-0.39, 0.29) is 5.91 Å². The summed E-state index contributed by atoms with van der Waals surface area (Å²) in [5, 5.41) is 6.19. The number of aromatic nitrogens is 1. The number of carbonyl (C=O) groups excluding carboxylic acids is 1. The van der Waals surface area contributed by atoms with Crippen LogP contribution in [-0.4, -0.2) is 17.4 Å². The van der Waals surface area contributed by atoms with Crippen molar-refractivity contribution in [1.82, 2.24) is 4.98 Å². The monoisotopic (exact) mass is 309 g/mol. The molecule has 4 nitrogen and oxygen atoms in total. The first-order chi connectivity index (χ1) is 11.2. The average Bonchev–Trinajstić information content (AvgIpc) is 2.60. The van der Waals surface area contributed by atoms with Gasteiger partial charge in [0.25, 0.3) is 5.91 Å². The minimum Gasteiger partial charge on any atom is -0.380 e. The number of amides is 1. The Morgan fingerprint density at radius 3 is 2.52 bits per heavy atom. The predicted octanol–water partition coefficient (Wildman–Crippen LogP) is 4.06. The molecule has 2 rings (SSSR count). The van der Waals surface area contributed by atoms with Gasteiger partial charge in [-0.15, -0.1) is 6.58 Å². The molecule has 0 saturated heterocycles. The van der Waals surface area contributed by atoms with Gasteiger partial charge in [0.1, 0.15) is 0 Å². The molecule has 0 atom stereocenters. The zero-order valence-corrected chi connectivity index (χ0v) is 13.7. The maximum absolute atomic E-state index is 12.6. The van der Waals surface area contributed by atoms with E-state index in [9.17, 15) is 4.79 Å². The molecule has 23 heavy (non-hydrogen) atoms. The minimum absolute atomic E-state index is 0.143. The fraction of sp³-hybridized carbons (Fsp3) is 0.263. The molecule has 0 aliphatic carbocycles. The number of anilines is 2. The Hall–Kier alpha value is -2.62. The van der Waals surface area contributed by atoms with Crippen LogP contribution in [0.25, 0.3) is 0 Å². The molecule has 0 spiro atoms. The lowest BCUT2D eigenvalue weighted by atomic mass is 10.0. The molecule has 2 aromatic rings. The standard InChI is InChI=1S/C19H23N3O/c1-4-10-21-17-11-16(12-20-13-17)19(23)22-18-14(5-2)8-7-9-15(18)6-3/h4,7-9,11-13,21H,1,5-6,10H2,2-3H3,(H,22,23). The normalized spacial score (nSPS) is 10.2. The van der Waals surface area contributed by atoms with Gasteiger partial charge in [0.15, 0.2) is 0 Å². The van der Waals surface area contributed by atoms with Crippen molar-refractivity contribution in [2.75, 3.05) is 17.2 Å². The number of pyridine rings is 1. The van der Waals surface area contributed by atoms with Crippen molar-refractivity contribution in [1.29, 1.82) is 0 Å². The zero-order chi connectivity index (χ0) is 16.7. The smallest absolute Gasteiger partial charge is 0.257 e. The van der Waals surface area contributed by atoms with Crippen LogP contribution in [0.2, 0.25) is 0 Å². The van der Waals surface area contributed by atoms with E-state index in [1.807, 2.05) is 6.07 Å². The summed E-state index contributed by atoms with van der Waals surface area (Å²) in [6.07, 6.45) is 6.79. The van der Waals surface area contributed by atoms with Crippen LogP contribution < -0.4 is 10.6 Å². The molecule has 0 bridgehead atoms. The average molecular weight is 309 g/mol. The molecule has 120 valence electrons. The van der Waals surface area contributed by atoms with Crippen LogP contribution >= 0.6 is 0 Å². The summed E-state index contributed by atoms with van der Waals surface area (Å²) in [6, 6.07) is 7.94. The molecule has 0 unspecified atom stereocenters. The van der Waals surface area contributed by atoms with Crippen molar-refractivity contribution in [3.05, 3.63) is 66.0 Å². The minimum atomic E-state index is -0.143. The van der Waals surface area contributed by atoms with Gasteiger partial charge in [-0.1, -0.05) is 38.1 Å². The molecule has 1 aromatic heterocycles. The van der Waals surface area contributed by atoms with Crippen LogP contribution in [0.5, 0.6) is 0 Å². The summed E-state index contributed by atoms with van der Waals surface area (Å²) < 4.78 is 0. The van der Waals surface area contributed by atoms with Crippen molar-refractivity contribution in [3.63, 3.8) is 0 Å². The topological polar surface area (TPSA) is 54.0 Å². The summed E-state index contributed by atoms with van der Waals surface area (Å²) in [5.74, 6) is -0.143. The molecule has 2 N–H and O–H groups in total. The Kier molecular flexibility index (Phi) is 5.92. The molecule has 0 radical (unpaired) electrons. The number of para-hydroxylation sites is 1. The Morgan fingerprint density at radius 1 is 1.22 bits per heavy atom. The second kappa shape index (κ2) is 8.13. The lowest BCUT2D eigenvalue weighted by molar-refractivity contribution is 0.102. The number of rotatable bonds is 7. The fourth-order valence-electron chi connectivity index (χ4n) is 2.44. The molecule has 0 aliphatic heterocycles. The van der Waals surface area contributed by atoms with E-state index in [2.05, 4.69) is 48.2 Å². The Labute approximate surface area is 137 Å². The second-order valence-electron chi connectivity index (χ2n) is 5.24. The van der Waals surface area contributed by atoms with Gasteiger partial charge in [-0.25, -0.2) is 0 Å². The summed E-state index contributed by atoms with van der Waals surface area (Å²) >= 11 is 0. The van der Waals surface area contributed by atoms with Crippen molar-refractivity contribution < 1.29 is 4.79 Å². The molecule has 1 amide bonds. The maximum Gasteiger partial charge on any atom is 0.257 e. The molecule has 0 saturated carbocycles. The first kappa shape index (κ1) is 16.7. The van der Waals surface area contributed by atoms with E-state index in [0.717, 1.165) is 35.3 Å². The number of aryl methyl sites for hydroxylation is 2. The third-order valence-corrected chi connectivity index (χ3v) is 3.69. The third-order valence-electron chi connectivity index (χ3n) is 3.69. The molecule has 0 aliphatic rings. The number of hydrogen-bond donors (Lipinski definition) is 2. The predicted molar refractivity (Wildman–Crippen MR) is 96.1 cm³/mol. The Morgan fingerprint density at radius 2 is 1.91 bits per heavy atom. The number of nitrogens with one attached hydrogen (secondary N) is 2. The Balaban J connectivity index is 2.24. The highest BCUT2D eigenvalue weighted by atomic mass is 16.1. The highest BCUT2D eigenvalue weighted by Crippen LogP contribution is 2.23. The lowest BCUT2D eigenvalue weighted by Gasteiger charge is -2.14. The van der Waals surface area contributed by atoms with Gasteiger partial charge in [0, 0.05) is 24.6 Å². The number of nitrogens with zero attached hydrogens (tertiary/aromatic N) is 1. The van der Waals surface area contributed by atoms with Crippen molar-refractivity contribution >= 4 is 17.3 Å². The van der Waals surface area contributed by atoms with Crippen LogP contribution in [0.1, 0.15) is 35.3 Å². The highest BCUT2D eigenvalue weighted by Gasteiger charge is 2.12. The molecular formula is C19H23N3O. The molecule has 4 heteroatoms. The second-order valence-corrected chi connectivity index (χ2v) is 5.24. The first-order valence-electron chi connectivity index (χ1n) is 7.91. The van der Waals surface area contributed by atoms with E-state index in [1.54, 1.807) is 24.5 Å². The lowest BCUT2D eigenvalue weighted by Crippen LogP contribution is -2.15. The fourth-order valence-corrected chi connectivity index (χ4v) is 2.44. The van der Waals surface area contributed by atoms with E-state index in [0.29, 0.717) is 12.1 Å². The summed E-state index contributed by atoms with van der Waals surface area (Å²) in [5.41, 5.74) is 4.55. The quantitative estimate of drug-likeness (QED) is 0.758. The Bertz CT molecular complexity index is 673. The van der Waals surface area contributed by atoms with Crippen molar-refractivity contribution in [2.24, 2.45) is 0 Å². The van der Waals surface area contributed by atoms with E-state index in [4.69, 9.17) is 0 Å². The van der Waals surface area contributed by atoms with Gasteiger partial charge in [0.2, 0.25) is 0 Å². The highest BCUT2D eigenvalue weighted by molar-refractivity contribution is 6.05. The third kappa shape index (κ3) is 4.19. The van der Waals surface area contributed by atoms with Gasteiger partial charge < -0.3 is 10.6 Å². The van der Waals surface area contributed by atoms with Crippen LogP contribution in [0.4, 0.5) is 11.4 Å². The SMILES string of the molecule is C=CCNc1cncc(C(=O)Nc2c(CC)cccc2CC)c1. The van der Waals surface area contributed by atoms with E-state index >= 15 is 0 Å². The first-order valence-corrected chi connectivity index (χ1v) is 7.91. The van der Waals surface area contributed by atoms with Crippen LogP contribution in [-0.2, 0) is 12.8 Å². The van der Waals surface area contributed by atoms with Crippen LogP contribution in [0.15, 0.2) is 49.3 Å². The van der Waals surface area contributed by atoms with Gasteiger partial charge in [-0.2, -0.15) is 0 Å². The number of carbonyl (C=O) groups is 1. The van der Waals surface area contributed by atoms with Crippen molar-refractivity contribution in [3.8, 4) is 0 Å². The number of benzene rings is 1. The molecule has 0 fully saturated rings. The van der Waals surface area contributed by atoms with Gasteiger partial charge >= 0.3 is 0 Å². The summed E-state index contributed by atoms with van der Waals surface area (Å²) in [6.45, 7) is 8.47. The van der Waals surface area contributed by atoms with E-state index in [1.165, 1.54) is 0 Å². The molecule has 1 aromatic carbocycles. The maximum atomic E-state index is 12.6. The van der Waals surface area contributed by atoms with Gasteiger partial charge in [-0.05, 0) is 30.0 Å². The summed E-state index contributed by atoms with van der Waals surface area (Å²) in [7, 11) is 0. The van der Waals surface area contributed by atoms with E-state index < -0.39 is 0 Å². The number of hydrogen-bond acceptors (Lipinski definition) is 3. The zero-order valence-electron chi connectivity index (χ0n) is 13.7. The van der Waals surface area contributed by atoms with Crippen molar-refractivity contribution in [2.45, 2.75) is 26.7 Å². The van der Waals surface area contributed by atoms with Crippen LogP contribution in [0.3, 0.4) is 0 Å². The van der Waals surface area contributed by atoms with Crippen LogP contribution in [0, 0.1) is 0 Å². The molecular weight excluding hydrogens is 286 g/mol. The van der Waals surface area contributed by atoms with Gasteiger partial charge in [-0.3, -0.25) is 9.78 Å². The largest absolute Gasteiger partial charge is 0.380 e. The van der Waals surface area contributed by atoms with Gasteiger partial charge in [0.05, 0.1) is 11.3 Å².